The molecule has 168 valence electrons. The molecule has 3 rings (SSSR count). The van der Waals surface area contributed by atoms with E-state index in [0.717, 1.165) is 34.8 Å². The SMILES string of the molecule is CCOc1ccccc1CN1CCNC(=O)[C@H]1CC(=O)NCc1c(C)nn(CC)c1C. The first kappa shape index (κ1) is 22.8. The molecule has 1 aliphatic rings. The number of hydrogen-bond acceptors (Lipinski definition) is 5. The van der Waals surface area contributed by atoms with Gasteiger partial charge in [-0.1, -0.05) is 18.2 Å². The van der Waals surface area contributed by atoms with E-state index in [9.17, 15) is 9.59 Å². The number of ether oxygens (including phenoxy) is 1. The van der Waals surface area contributed by atoms with Crippen LogP contribution in [0.3, 0.4) is 0 Å². The zero-order valence-corrected chi connectivity index (χ0v) is 18.9. The molecular weight excluding hydrogens is 394 g/mol. The Morgan fingerprint density at radius 3 is 2.77 bits per heavy atom. The van der Waals surface area contributed by atoms with Crippen molar-refractivity contribution in [3.05, 3.63) is 46.8 Å². The first-order chi connectivity index (χ1) is 14.9. The van der Waals surface area contributed by atoms with Crippen LogP contribution < -0.4 is 15.4 Å². The van der Waals surface area contributed by atoms with E-state index in [2.05, 4.69) is 20.6 Å². The molecule has 0 bridgehead atoms. The molecule has 0 aliphatic carbocycles. The highest BCUT2D eigenvalue weighted by Crippen LogP contribution is 2.22. The summed E-state index contributed by atoms with van der Waals surface area (Å²) in [7, 11) is 0. The van der Waals surface area contributed by atoms with Gasteiger partial charge in [0.1, 0.15) is 5.75 Å². The van der Waals surface area contributed by atoms with E-state index < -0.39 is 6.04 Å². The zero-order chi connectivity index (χ0) is 22.4. The number of aromatic nitrogens is 2. The highest BCUT2D eigenvalue weighted by Gasteiger charge is 2.32. The lowest BCUT2D eigenvalue weighted by Crippen LogP contribution is -2.56. The quantitative estimate of drug-likeness (QED) is 0.638. The molecule has 31 heavy (non-hydrogen) atoms. The lowest BCUT2D eigenvalue weighted by atomic mass is 10.1. The number of piperazine rings is 1. The fraction of sp³-hybridized carbons (Fsp3) is 0.522. The number of carbonyl (C=O) groups is 2. The van der Waals surface area contributed by atoms with Gasteiger partial charge >= 0.3 is 0 Å². The van der Waals surface area contributed by atoms with Crippen LogP contribution in [0.1, 0.15) is 42.8 Å². The summed E-state index contributed by atoms with van der Waals surface area (Å²) in [6.07, 6.45) is 0.114. The number of para-hydroxylation sites is 1. The Bertz CT molecular complexity index is 924. The van der Waals surface area contributed by atoms with Crippen LogP contribution in [0.25, 0.3) is 0 Å². The molecule has 1 saturated heterocycles. The fourth-order valence-electron chi connectivity index (χ4n) is 4.06. The molecule has 0 radical (unpaired) electrons. The van der Waals surface area contributed by atoms with E-state index in [1.165, 1.54) is 0 Å². The van der Waals surface area contributed by atoms with E-state index in [1.54, 1.807) is 0 Å². The van der Waals surface area contributed by atoms with Gasteiger partial charge in [-0.2, -0.15) is 5.10 Å². The van der Waals surface area contributed by atoms with Gasteiger partial charge in [-0.15, -0.1) is 0 Å². The molecule has 2 aromatic rings. The molecule has 1 aromatic heterocycles. The van der Waals surface area contributed by atoms with Gasteiger partial charge < -0.3 is 15.4 Å². The minimum Gasteiger partial charge on any atom is -0.494 e. The van der Waals surface area contributed by atoms with Crippen molar-refractivity contribution in [2.24, 2.45) is 0 Å². The second kappa shape index (κ2) is 10.4. The van der Waals surface area contributed by atoms with Crippen LogP contribution in [-0.4, -0.2) is 52.2 Å². The second-order valence-electron chi connectivity index (χ2n) is 7.76. The monoisotopic (exact) mass is 427 g/mol. The maximum absolute atomic E-state index is 12.7. The fourth-order valence-corrected chi connectivity index (χ4v) is 4.06. The van der Waals surface area contributed by atoms with Crippen molar-refractivity contribution >= 4 is 11.8 Å². The number of nitrogens with one attached hydrogen (secondary N) is 2. The average molecular weight is 428 g/mol. The van der Waals surface area contributed by atoms with Crippen LogP contribution in [0, 0.1) is 13.8 Å². The number of aryl methyl sites for hydroxylation is 2. The van der Waals surface area contributed by atoms with Crippen molar-refractivity contribution in [1.29, 1.82) is 0 Å². The third-order valence-electron chi connectivity index (χ3n) is 5.76. The third-order valence-corrected chi connectivity index (χ3v) is 5.76. The highest BCUT2D eigenvalue weighted by molar-refractivity contribution is 5.88. The Morgan fingerprint density at radius 1 is 1.29 bits per heavy atom. The van der Waals surface area contributed by atoms with Crippen LogP contribution in [0.2, 0.25) is 0 Å². The number of rotatable bonds is 9. The van der Waals surface area contributed by atoms with E-state index in [1.807, 2.05) is 56.6 Å². The Hall–Kier alpha value is -2.87. The molecule has 1 aromatic carbocycles. The molecule has 1 fully saturated rings. The molecule has 2 heterocycles. The van der Waals surface area contributed by atoms with E-state index in [0.29, 0.717) is 32.8 Å². The number of nitrogens with zero attached hydrogens (tertiary/aromatic N) is 3. The molecule has 0 saturated carbocycles. The lowest BCUT2D eigenvalue weighted by Gasteiger charge is -2.35. The first-order valence-electron chi connectivity index (χ1n) is 11.0. The summed E-state index contributed by atoms with van der Waals surface area (Å²) >= 11 is 0. The number of amides is 2. The lowest BCUT2D eigenvalue weighted by molar-refractivity contribution is -0.134. The third kappa shape index (κ3) is 5.44. The van der Waals surface area contributed by atoms with Gasteiger partial charge in [0.2, 0.25) is 11.8 Å². The predicted octanol–water partition coefficient (Wildman–Crippen LogP) is 1.93. The van der Waals surface area contributed by atoms with Crippen molar-refractivity contribution in [2.75, 3.05) is 19.7 Å². The van der Waals surface area contributed by atoms with Gasteiger partial charge in [0.15, 0.2) is 0 Å². The molecule has 8 heteroatoms. The summed E-state index contributed by atoms with van der Waals surface area (Å²) in [6.45, 7) is 11.6. The topological polar surface area (TPSA) is 88.5 Å². The molecule has 1 atom stereocenters. The second-order valence-corrected chi connectivity index (χ2v) is 7.76. The summed E-state index contributed by atoms with van der Waals surface area (Å²) in [5.74, 6) is 0.563. The van der Waals surface area contributed by atoms with Gasteiger partial charge in [-0.25, -0.2) is 0 Å². The minimum atomic E-state index is -0.510. The first-order valence-corrected chi connectivity index (χ1v) is 11.0. The Balaban J connectivity index is 1.66. The molecule has 2 amide bonds. The van der Waals surface area contributed by atoms with Crippen LogP contribution in [0.15, 0.2) is 24.3 Å². The van der Waals surface area contributed by atoms with Gasteiger partial charge in [0, 0.05) is 49.5 Å². The van der Waals surface area contributed by atoms with Crippen LogP contribution >= 0.6 is 0 Å². The highest BCUT2D eigenvalue weighted by atomic mass is 16.5. The molecule has 0 spiro atoms. The summed E-state index contributed by atoms with van der Waals surface area (Å²) < 4.78 is 7.66. The van der Waals surface area contributed by atoms with Crippen LogP contribution in [0.4, 0.5) is 0 Å². The summed E-state index contributed by atoms with van der Waals surface area (Å²) in [6, 6.07) is 7.33. The molecule has 0 unspecified atom stereocenters. The van der Waals surface area contributed by atoms with Gasteiger partial charge in [-0.05, 0) is 33.8 Å². The number of hydrogen-bond donors (Lipinski definition) is 2. The van der Waals surface area contributed by atoms with Crippen molar-refractivity contribution in [3.8, 4) is 5.75 Å². The summed E-state index contributed by atoms with van der Waals surface area (Å²) in [4.78, 5) is 27.4. The maximum Gasteiger partial charge on any atom is 0.237 e. The van der Waals surface area contributed by atoms with Crippen molar-refractivity contribution in [2.45, 2.75) is 59.8 Å². The van der Waals surface area contributed by atoms with Gasteiger partial charge in [0.05, 0.1) is 24.8 Å². The normalized spacial score (nSPS) is 16.8. The summed E-state index contributed by atoms with van der Waals surface area (Å²) in [5, 5.41) is 10.4. The number of carbonyl (C=O) groups excluding carboxylic acids is 2. The Morgan fingerprint density at radius 2 is 2.06 bits per heavy atom. The Kier molecular flexibility index (Phi) is 7.68. The van der Waals surface area contributed by atoms with Crippen LogP contribution in [-0.2, 0) is 29.2 Å². The largest absolute Gasteiger partial charge is 0.494 e. The molecule has 2 N–H and O–H groups in total. The average Bonchev–Trinajstić information content (AvgIpc) is 3.03. The zero-order valence-electron chi connectivity index (χ0n) is 18.9. The van der Waals surface area contributed by atoms with Gasteiger partial charge in [0.25, 0.3) is 0 Å². The van der Waals surface area contributed by atoms with E-state index in [4.69, 9.17) is 4.74 Å². The molecule has 8 nitrogen and oxygen atoms in total. The van der Waals surface area contributed by atoms with Gasteiger partial charge in [-0.3, -0.25) is 19.2 Å². The predicted molar refractivity (Wildman–Crippen MR) is 119 cm³/mol. The van der Waals surface area contributed by atoms with Crippen molar-refractivity contribution in [1.82, 2.24) is 25.3 Å². The molecule has 1 aliphatic heterocycles. The van der Waals surface area contributed by atoms with Crippen molar-refractivity contribution in [3.63, 3.8) is 0 Å². The van der Waals surface area contributed by atoms with Crippen LogP contribution in [0.5, 0.6) is 5.75 Å². The number of benzene rings is 1. The maximum atomic E-state index is 12.7. The van der Waals surface area contributed by atoms with Crippen molar-refractivity contribution < 1.29 is 14.3 Å². The van der Waals surface area contributed by atoms with E-state index >= 15 is 0 Å². The summed E-state index contributed by atoms with van der Waals surface area (Å²) in [5.41, 5.74) is 4.03. The molecular formula is C23H33N5O3. The minimum absolute atomic E-state index is 0.110. The Labute approximate surface area is 183 Å². The standard InChI is InChI=1S/C23H33N5O3/c1-5-28-17(4)19(16(3)26-28)14-25-22(29)13-20-23(30)24-11-12-27(20)15-18-9-7-8-10-21(18)31-6-2/h7-10,20H,5-6,11-15H2,1-4H3,(H,24,30)(H,25,29)/t20-/m1/s1. The van der Waals surface area contributed by atoms with E-state index in [-0.39, 0.29) is 18.2 Å². The smallest absolute Gasteiger partial charge is 0.237 e.